The van der Waals surface area contributed by atoms with E-state index in [1.54, 1.807) is 21.3 Å². The van der Waals surface area contributed by atoms with E-state index in [1.165, 1.54) is 11.1 Å². The Bertz CT molecular complexity index is 883. The fraction of sp³-hybridized carbons (Fsp3) is 0.455. The van der Waals surface area contributed by atoms with Gasteiger partial charge >= 0.3 is 0 Å². The standard InChI is InChI=1S/C22H24O6/c1-23-19-6-13(7-20(24-2)22(19)25-3)21-15-8-18-17(27-11-28-18)5-12(15)4-14-9-26-10-16(14)21/h5-8,14,16,21H,4,9-11H2,1-3H3/t14-,16-,21-/m0/s1. The highest BCUT2D eigenvalue weighted by Crippen LogP contribution is 2.52. The molecule has 0 bridgehead atoms. The first-order valence-electron chi connectivity index (χ1n) is 9.53. The second-order valence-electron chi connectivity index (χ2n) is 7.51. The van der Waals surface area contributed by atoms with Crippen molar-refractivity contribution in [2.45, 2.75) is 12.3 Å². The van der Waals surface area contributed by atoms with Crippen molar-refractivity contribution in [3.63, 3.8) is 0 Å². The summed E-state index contributed by atoms with van der Waals surface area (Å²) in [5.74, 6) is 4.63. The maximum atomic E-state index is 5.88. The van der Waals surface area contributed by atoms with Gasteiger partial charge in [-0.3, -0.25) is 0 Å². The van der Waals surface area contributed by atoms with E-state index in [2.05, 4.69) is 24.3 Å². The Morgan fingerprint density at radius 3 is 2.25 bits per heavy atom. The molecule has 0 aromatic heterocycles. The van der Waals surface area contributed by atoms with Crippen LogP contribution in [0.3, 0.4) is 0 Å². The summed E-state index contributed by atoms with van der Waals surface area (Å²) in [5, 5.41) is 0. The van der Waals surface area contributed by atoms with E-state index in [0.717, 1.165) is 36.7 Å². The summed E-state index contributed by atoms with van der Waals surface area (Å²) in [6.07, 6.45) is 0.998. The zero-order chi connectivity index (χ0) is 19.3. The molecule has 3 atom stereocenters. The monoisotopic (exact) mass is 384 g/mol. The molecule has 0 unspecified atom stereocenters. The van der Waals surface area contributed by atoms with E-state index in [-0.39, 0.29) is 12.7 Å². The van der Waals surface area contributed by atoms with Gasteiger partial charge < -0.3 is 28.4 Å². The lowest BCUT2D eigenvalue weighted by molar-refractivity contribution is 0.173. The molecule has 1 fully saturated rings. The van der Waals surface area contributed by atoms with Crippen LogP contribution >= 0.6 is 0 Å². The molecule has 0 N–H and O–H groups in total. The lowest BCUT2D eigenvalue weighted by Crippen LogP contribution is -2.29. The quantitative estimate of drug-likeness (QED) is 0.805. The molecule has 6 heteroatoms. The van der Waals surface area contributed by atoms with Crippen LogP contribution < -0.4 is 23.7 Å². The average Bonchev–Trinajstić information content (AvgIpc) is 3.37. The number of fused-ring (bicyclic) bond motifs is 3. The van der Waals surface area contributed by atoms with Crippen LogP contribution in [0.2, 0.25) is 0 Å². The van der Waals surface area contributed by atoms with Gasteiger partial charge in [0.2, 0.25) is 12.5 Å². The summed E-state index contributed by atoms with van der Waals surface area (Å²) >= 11 is 0. The van der Waals surface area contributed by atoms with Crippen LogP contribution in [0.4, 0.5) is 0 Å². The zero-order valence-electron chi connectivity index (χ0n) is 16.3. The number of methoxy groups -OCH3 is 3. The van der Waals surface area contributed by atoms with E-state index >= 15 is 0 Å². The molecule has 2 aromatic carbocycles. The normalized spacial score (nSPS) is 24.5. The molecule has 2 aromatic rings. The minimum Gasteiger partial charge on any atom is -0.493 e. The number of hydrogen-bond donors (Lipinski definition) is 0. The van der Waals surface area contributed by atoms with Crippen LogP contribution in [0.15, 0.2) is 24.3 Å². The molecule has 3 aliphatic rings. The Morgan fingerprint density at radius 1 is 0.857 bits per heavy atom. The summed E-state index contributed by atoms with van der Waals surface area (Å²) in [5.41, 5.74) is 3.70. The van der Waals surface area contributed by atoms with Crippen LogP contribution in [0.25, 0.3) is 0 Å². The zero-order valence-corrected chi connectivity index (χ0v) is 16.3. The minimum atomic E-state index is 0.166. The van der Waals surface area contributed by atoms with Gasteiger partial charge in [0.25, 0.3) is 0 Å². The van der Waals surface area contributed by atoms with Gasteiger partial charge in [0, 0.05) is 5.92 Å². The second-order valence-corrected chi connectivity index (χ2v) is 7.51. The van der Waals surface area contributed by atoms with Crippen molar-refractivity contribution in [3.8, 4) is 28.7 Å². The summed E-state index contributed by atoms with van der Waals surface area (Å²) in [6.45, 7) is 1.82. The molecule has 0 spiro atoms. The van der Waals surface area contributed by atoms with Crippen molar-refractivity contribution in [2.24, 2.45) is 11.8 Å². The van der Waals surface area contributed by atoms with Crippen molar-refractivity contribution in [2.75, 3.05) is 41.3 Å². The van der Waals surface area contributed by atoms with E-state index < -0.39 is 0 Å². The highest BCUT2D eigenvalue weighted by atomic mass is 16.7. The van der Waals surface area contributed by atoms with Crippen LogP contribution in [0.5, 0.6) is 28.7 Å². The summed E-state index contributed by atoms with van der Waals surface area (Å²) < 4.78 is 33.9. The van der Waals surface area contributed by atoms with Gasteiger partial charge in [-0.15, -0.1) is 0 Å². The molecule has 6 nitrogen and oxygen atoms in total. The molecule has 2 aliphatic heterocycles. The highest BCUT2D eigenvalue weighted by Gasteiger charge is 2.42. The first-order chi connectivity index (χ1) is 13.7. The van der Waals surface area contributed by atoms with Gasteiger partial charge in [-0.1, -0.05) is 0 Å². The Morgan fingerprint density at radius 2 is 1.57 bits per heavy atom. The van der Waals surface area contributed by atoms with E-state index in [1.807, 2.05) is 0 Å². The van der Waals surface area contributed by atoms with Crippen molar-refractivity contribution in [3.05, 3.63) is 41.0 Å². The highest BCUT2D eigenvalue weighted by molar-refractivity contribution is 5.58. The Hall–Kier alpha value is -2.60. The lowest BCUT2D eigenvalue weighted by Gasteiger charge is -2.35. The molecule has 5 rings (SSSR count). The maximum Gasteiger partial charge on any atom is 0.231 e. The summed E-state index contributed by atoms with van der Waals surface area (Å²) in [4.78, 5) is 0. The predicted molar refractivity (Wildman–Crippen MR) is 102 cm³/mol. The van der Waals surface area contributed by atoms with Crippen LogP contribution in [0.1, 0.15) is 22.6 Å². The van der Waals surface area contributed by atoms with Gasteiger partial charge in [0.1, 0.15) is 0 Å². The van der Waals surface area contributed by atoms with Crippen molar-refractivity contribution >= 4 is 0 Å². The molecule has 0 radical (unpaired) electrons. The SMILES string of the molecule is COc1cc([C@H]2c3cc4c(cc3C[C@H]3COC[C@@H]32)OCO4)cc(OC)c1OC. The van der Waals surface area contributed by atoms with Crippen molar-refractivity contribution in [1.29, 1.82) is 0 Å². The third-order valence-corrected chi connectivity index (χ3v) is 6.17. The van der Waals surface area contributed by atoms with E-state index in [4.69, 9.17) is 28.4 Å². The number of ether oxygens (including phenoxy) is 6. The Kier molecular flexibility index (Phi) is 4.23. The largest absolute Gasteiger partial charge is 0.493 e. The molecule has 0 saturated carbocycles. The van der Waals surface area contributed by atoms with Gasteiger partial charge in [0.15, 0.2) is 23.0 Å². The van der Waals surface area contributed by atoms with Gasteiger partial charge in [0.05, 0.1) is 34.5 Å². The fourth-order valence-electron chi connectivity index (χ4n) is 4.88. The molecular weight excluding hydrogens is 360 g/mol. The van der Waals surface area contributed by atoms with E-state index in [9.17, 15) is 0 Å². The molecule has 2 heterocycles. The van der Waals surface area contributed by atoms with Crippen LogP contribution in [-0.4, -0.2) is 41.3 Å². The molecule has 28 heavy (non-hydrogen) atoms. The van der Waals surface area contributed by atoms with E-state index in [0.29, 0.717) is 29.1 Å². The molecule has 1 aliphatic carbocycles. The first-order valence-corrected chi connectivity index (χ1v) is 9.53. The predicted octanol–water partition coefficient (Wildman–Crippen LogP) is 3.39. The van der Waals surface area contributed by atoms with Gasteiger partial charge in [-0.25, -0.2) is 0 Å². The topological polar surface area (TPSA) is 55.4 Å². The van der Waals surface area contributed by atoms with Crippen molar-refractivity contribution < 1.29 is 28.4 Å². The number of rotatable bonds is 4. The number of benzene rings is 2. The smallest absolute Gasteiger partial charge is 0.231 e. The first kappa shape index (κ1) is 17.5. The lowest BCUT2D eigenvalue weighted by atomic mass is 9.68. The molecule has 148 valence electrons. The minimum absolute atomic E-state index is 0.166. The van der Waals surface area contributed by atoms with Gasteiger partial charge in [-0.05, 0) is 59.2 Å². The third kappa shape index (κ3) is 2.58. The summed E-state index contributed by atoms with van der Waals surface area (Å²) in [7, 11) is 4.92. The second kappa shape index (κ2) is 6.78. The summed E-state index contributed by atoms with van der Waals surface area (Å²) in [6, 6.07) is 8.39. The Balaban J connectivity index is 1.68. The van der Waals surface area contributed by atoms with Gasteiger partial charge in [-0.2, -0.15) is 0 Å². The van der Waals surface area contributed by atoms with Crippen molar-refractivity contribution in [1.82, 2.24) is 0 Å². The van der Waals surface area contributed by atoms with Crippen LogP contribution in [0, 0.1) is 11.8 Å². The Labute approximate surface area is 164 Å². The molecular formula is C22H24O6. The maximum absolute atomic E-state index is 5.88. The third-order valence-electron chi connectivity index (χ3n) is 6.17. The molecule has 1 saturated heterocycles. The molecule has 0 amide bonds. The number of hydrogen-bond acceptors (Lipinski definition) is 6. The van der Waals surface area contributed by atoms with Crippen LogP contribution in [-0.2, 0) is 11.2 Å². The fourth-order valence-corrected chi connectivity index (χ4v) is 4.88. The average molecular weight is 384 g/mol.